The Labute approximate surface area is 160 Å². The lowest BCUT2D eigenvalue weighted by Crippen LogP contribution is -2.44. The van der Waals surface area contributed by atoms with Gasteiger partial charge in [0.05, 0.1) is 0 Å². The molecule has 0 unspecified atom stereocenters. The summed E-state index contributed by atoms with van der Waals surface area (Å²) >= 11 is 1.72. The smallest absolute Gasteiger partial charge is 0.425 e. The third-order valence-electron chi connectivity index (χ3n) is 2.69. The Balaban J connectivity index is 3.47. The lowest BCUT2D eigenvalue weighted by Gasteiger charge is -2.29. The van der Waals surface area contributed by atoms with Crippen molar-refractivity contribution in [2.75, 3.05) is 10.6 Å². The summed E-state index contributed by atoms with van der Waals surface area (Å²) in [6, 6.07) is 0. The number of aromatic nitrogens is 1. The molecule has 1 rings (SSSR count). The highest BCUT2D eigenvalue weighted by molar-refractivity contribution is 14.1. The fourth-order valence-electron chi connectivity index (χ4n) is 1.71. The highest BCUT2D eigenvalue weighted by atomic mass is 127. The van der Waals surface area contributed by atoms with Crippen LogP contribution in [-0.4, -0.2) is 28.4 Å². The molecular weight excluding hydrogens is 444 g/mol. The zero-order chi connectivity index (χ0) is 19.7. The van der Waals surface area contributed by atoms with E-state index in [0.29, 0.717) is 4.90 Å². The monoisotopic (exact) mass is 467 g/mol. The molecular formula is C16H23FIN3O4. The molecule has 140 valence electrons. The molecule has 2 amide bonds. The van der Waals surface area contributed by atoms with Crippen LogP contribution in [0.25, 0.3) is 0 Å². The molecule has 2 N–H and O–H groups in total. The number of imide groups is 1. The molecule has 0 saturated carbocycles. The van der Waals surface area contributed by atoms with Crippen LogP contribution >= 0.6 is 22.6 Å². The lowest BCUT2D eigenvalue weighted by atomic mass is 10.2. The van der Waals surface area contributed by atoms with Gasteiger partial charge in [-0.1, -0.05) is 0 Å². The van der Waals surface area contributed by atoms with Crippen LogP contribution in [0.15, 0.2) is 0 Å². The van der Waals surface area contributed by atoms with Crippen LogP contribution in [0.5, 0.6) is 0 Å². The van der Waals surface area contributed by atoms with Gasteiger partial charge in [-0.25, -0.2) is 19.0 Å². The molecule has 1 heterocycles. The van der Waals surface area contributed by atoms with Crippen molar-refractivity contribution in [3.05, 3.63) is 15.1 Å². The quantitative estimate of drug-likeness (QED) is 0.486. The van der Waals surface area contributed by atoms with Crippen molar-refractivity contribution in [2.24, 2.45) is 0 Å². The van der Waals surface area contributed by atoms with E-state index in [9.17, 15) is 14.0 Å². The second-order valence-electron chi connectivity index (χ2n) is 7.37. The molecule has 0 aromatic carbocycles. The van der Waals surface area contributed by atoms with Gasteiger partial charge in [-0.05, 0) is 71.1 Å². The van der Waals surface area contributed by atoms with Crippen molar-refractivity contribution in [3.8, 4) is 0 Å². The number of nitrogens with zero attached hydrogens (tertiary/aromatic N) is 2. The van der Waals surface area contributed by atoms with Crippen LogP contribution < -0.4 is 10.6 Å². The van der Waals surface area contributed by atoms with E-state index in [-0.39, 0.29) is 20.8 Å². The van der Waals surface area contributed by atoms with Crippen molar-refractivity contribution in [1.29, 1.82) is 0 Å². The number of rotatable bonds is 1. The van der Waals surface area contributed by atoms with E-state index in [0.717, 1.165) is 0 Å². The zero-order valence-electron chi connectivity index (χ0n) is 15.4. The number of amides is 2. The van der Waals surface area contributed by atoms with Crippen LogP contribution in [0.1, 0.15) is 47.1 Å². The highest BCUT2D eigenvalue weighted by Crippen LogP contribution is 2.29. The highest BCUT2D eigenvalue weighted by Gasteiger charge is 2.35. The lowest BCUT2D eigenvalue weighted by molar-refractivity contribution is 0.0428. The van der Waals surface area contributed by atoms with Crippen molar-refractivity contribution < 1.29 is 23.5 Å². The summed E-state index contributed by atoms with van der Waals surface area (Å²) in [5.74, 6) is -0.980. The van der Waals surface area contributed by atoms with E-state index >= 15 is 0 Å². The first-order valence-corrected chi connectivity index (χ1v) is 8.59. The Morgan fingerprint density at radius 2 is 1.48 bits per heavy atom. The van der Waals surface area contributed by atoms with E-state index in [2.05, 4.69) is 4.98 Å². The Kier molecular flexibility index (Phi) is 6.25. The number of pyridine rings is 1. The Bertz CT molecular complexity index is 668. The molecule has 9 heteroatoms. The minimum Gasteiger partial charge on any atom is -0.443 e. The maximum atomic E-state index is 14.3. The summed E-state index contributed by atoms with van der Waals surface area (Å²) in [6.07, 6.45) is -2.03. The summed E-state index contributed by atoms with van der Waals surface area (Å²) in [6.45, 7) is 11.2. The SMILES string of the molecule is Cc1c(N(C(=O)OC(C)(C)C)C(=O)OC(C)(C)C)nc(I)c(N)c1F. The molecule has 0 radical (unpaired) electrons. The third kappa shape index (κ3) is 5.68. The molecule has 0 bridgehead atoms. The molecule has 0 saturated heterocycles. The topological polar surface area (TPSA) is 94.8 Å². The van der Waals surface area contributed by atoms with Crippen molar-refractivity contribution in [2.45, 2.75) is 59.7 Å². The Morgan fingerprint density at radius 3 is 1.84 bits per heavy atom. The fraction of sp³-hybridized carbons (Fsp3) is 0.562. The number of carbonyl (C=O) groups is 2. The van der Waals surface area contributed by atoms with Crippen LogP contribution in [-0.2, 0) is 9.47 Å². The minimum absolute atomic E-state index is 0.0605. The van der Waals surface area contributed by atoms with Crippen LogP contribution in [0.2, 0.25) is 0 Å². The summed E-state index contributed by atoms with van der Waals surface area (Å²) in [5, 5.41) is 0. The minimum atomic E-state index is -1.02. The maximum Gasteiger partial charge on any atom is 0.425 e. The Hall–Kier alpha value is -1.65. The van der Waals surface area contributed by atoms with Gasteiger partial charge in [0.15, 0.2) is 11.6 Å². The van der Waals surface area contributed by atoms with E-state index in [4.69, 9.17) is 15.2 Å². The molecule has 1 aromatic rings. The number of hydrogen-bond donors (Lipinski definition) is 1. The zero-order valence-corrected chi connectivity index (χ0v) is 17.5. The summed E-state index contributed by atoms with van der Waals surface area (Å²) in [4.78, 5) is 29.8. The van der Waals surface area contributed by atoms with Crippen molar-refractivity contribution in [3.63, 3.8) is 0 Å². The number of ether oxygens (including phenoxy) is 2. The predicted molar refractivity (Wildman–Crippen MR) is 101 cm³/mol. The average Bonchev–Trinajstić information content (AvgIpc) is 2.38. The fourth-order valence-corrected chi connectivity index (χ4v) is 2.17. The summed E-state index contributed by atoms with van der Waals surface area (Å²) in [5.41, 5.74) is 3.65. The second kappa shape index (κ2) is 7.30. The van der Waals surface area contributed by atoms with E-state index < -0.39 is 29.2 Å². The largest absolute Gasteiger partial charge is 0.443 e. The van der Waals surface area contributed by atoms with E-state index in [1.807, 2.05) is 0 Å². The van der Waals surface area contributed by atoms with Gasteiger partial charge in [-0.15, -0.1) is 0 Å². The number of halogens is 2. The van der Waals surface area contributed by atoms with Gasteiger partial charge in [0.1, 0.15) is 20.6 Å². The number of nitrogens with two attached hydrogens (primary N) is 1. The number of carbonyl (C=O) groups excluding carboxylic acids is 2. The standard InChI is InChI=1S/C16H23FIN3O4/c1-8-9(17)10(19)11(18)20-12(8)21(13(22)24-15(2,3)4)14(23)25-16(5,6)7/h19H2,1-7H3. The first kappa shape index (κ1) is 21.4. The van der Waals surface area contributed by atoms with Gasteiger partial charge in [0, 0.05) is 5.56 Å². The number of hydrogen-bond acceptors (Lipinski definition) is 6. The van der Waals surface area contributed by atoms with Gasteiger partial charge in [-0.2, -0.15) is 4.90 Å². The third-order valence-corrected chi connectivity index (χ3v) is 3.51. The molecule has 1 aromatic heterocycles. The van der Waals surface area contributed by atoms with Crippen LogP contribution in [0, 0.1) is 16.4 Å². The van der Waals surface area contributed by atoms with Gasteiger partial charge < -0.3 is 15.2 Å². The first-order chi connectivity index (χ1) is 11.1. The average molecular weight is 467 g/mol. The Morgan fingerprint density at radius 1 is 1.08 bits per heavy atom. The van der Waals surface area contributed by atoms with Crippen molar-refractivity contribution >= 4 is 46.3 Å². The molecule has 0 atom stereocenters. The van der Waals surface area contributed by atoms with Crippen LogP contribution in [0.3, 0.4) is 0 Å². The van der Waals surface area contributed by atoms with Gasteiger partial charge >= 0.3 is 12.2 Å². The summed E-state index contributed by atoms with van der Waals surface area (Å²) in [7, 11) is 0. The van der Waals surface area contributed by atoms with Gasteiger partial charge in [0.25, 0.3) is 0 Å². The molecule has 0 aliphatic heterocycles. The molecule has 0 aliphatic rings. The molecule has 25 heavy (non-hydrogen) atoms. The molecule has 0 spiro atoms. The van der Waals surface area contributed by atoms with E-state index in [1.165, 1.54) is 6.92 Å². The normalized spacial score (nSPS) is 11.9. The summed E-state index contributed by atoms with van der Waals surface area (Å²) < 4.78 is 24.9. The van der Waals surface area contributed by atoms with Gasteiger partial charge in [-0.3, -0.25) is 0 Å². The van der Waals surface area contributed by atoms with Crippen LogP contribution in [0.4, 0.5) is 25.5 Å². The molecule has 7 nitrogen and oxygen atoms in total. The second-order valence-corrected chi connectivity index (χ2v) is 8.40. The molecule has 0 aliphatic carbocycles. The maximum absolute atomic E-state index is 14.3. The van der Waals surface area contributed by atoms with Gasteiger partial charge in [0.2, 0.25) is 0 Å². The first-order valence-electron chi connectivity index (χ1n) is 7.51. The molecule has 0 fully saturated rings. The predicted octanol–water partition coefficient (Wildman–Crippen LogP) is 4.39. The number of anilines is 2. The van der Waals surface area contributed by atoms with E-state index in [1.54, 1.807) is 64.1 Å². The van der Waals surface area contributed by atoms with Crippen molar-refractivity contribution in [1.82, 2.24) is 4.98 Å². The number of nitrogen functional groups attached to an aromatic ring is 1.